The average molecular weight is 294 g/mol. The Balaban J connectivity index is 2.74. The van der Waals surface area contributed by atoms with Crippen LogP contribution in [0.2, 0.25) is 0 Å². The molecule has 0 amide bonds. The summed E-state index contributed by atoms with van der Waals surface area (Å²) >= 11 is 1.08. The standard InChI is InChI=1S/C12H14N4O3S/c1-5(10(17)18)9-6(2)13-11(19)16(7(9)3)12-14-8(4)15-20-12/h5H,1-4H3,(H,17,18). The average Bonchev–Trinajstić information content (AvgIpc) is 2.74. The summed E-state index contributed by atoms with van der Waals surface area (Å²) in [4.78, 5) is 31.3. The van der Waals surface area contributed by atoms with Crippen molar-refractivity contribution in [3.8, 4) is 5.13 Å². The quantitative estimate of drug-likeness (QED) is 0.913. The highest BCUT2D eigenvalue weighted by Crippen LogP contribution is 2.23. The highest BCUT2D eigenvalue weighted by molar-refractivity contribution is 7.08. The van der Waals surface area contributed by atoms with Gasteiger partial charge in [-0.05, 0) is 27.7 Å². The normalized spacial score (nSPS) is 12.4. The van der Waals surface area contributed by atoms with Crippen LogP contribution in [-0.2, 0) is 4.79 Å². The number of carbonyl (C=O) groups is 1. The Hall–Kier alpha value is -2.09. The molecule has 0 aliphatic rings. The molecule has 0 radical (unpaired) electrons. The van der Waals surface area contributed by atoms with Crippen molar-refractivity contribution < 1.29 is 9.90 Å². The Morgan fingerprint density at radius 3 is 2.45 bits per heavy atom. The maximum absolute atomic E-state index is 12.1. The van der Waals surface area contributed by atoms with E-state index in [0.717, 1.165) is 11.5 Å². The molecule has 0 saturated carbocycles. The van der Waals surface area contributed by atoms with Crippen LogP contribution < -0.4 is 5.69 Å². The predicted molar refractivity (Wildman–Crippen MR) is 73.6 cm³/mol. The van der Waals surface area contributed by atoms with E-state index in [1.54, 1.807) is 27.7 Å². The summed E-state index contributed by atoms with van der Waals surface area (Å²) in [7, 11) is 0. The molecule has 7 nitrogen and oxygen atoms in total. The van der Waals surface area contributed by atoms with Gasteiger partial charge in [-0.3, -0.25) is 4.79 Å². The van der Waals surface area contributed by atoms with E-state index in [-0.39, 0.29) is 0 Å². The van der Waals surface area contributed by atoms with E-state index >= 15 is 0 Å². The number of aliphatic carboxylic acids is 1. The van der Waals surface area contributed by atoms with Gasteiger partial charge in [-0.1, -0.05) is 0 Å². The lowest BCUT2D eigenvalue weighted by molar-refractivity contribution is -0.138. The van der Waals surface area contributed by atoms with E-state index in [1.165, 1.54) is 4.57 Å². The van der Waals surface area contributed by atoms with Crippen LogP contribution >= 0.6 is 11.5 Å². The van der Waals surface area contributed by atoms with Crippen LogP contribution in [0.15, 0.2) is 4.79 Å². The van der Waals surface area contributed by atoms with Crippen LogP contribution in [0.5, 0.6) is 0 Å². The lowest BCUT2D eigenvalue weighted by Gasteiger charge is -2.16. The zero-order chi connectivity index (χ0) is 15.0. The molecule has 106 valence electrons. The molecule has 20 heavy (non-hydrogen) atoms. The lowest BCUT2D eigenvalue weighted by Crippen LogP contribution is -2.28. The van der Waals surface area contributed by atoms with Crippen molar-refractivity contribution in [2.24, 2.45) is 0 Å². The number of hydrogen-bond donors (Lipinski definition) is 1. The summed E-state index contributed by atoms with van der Waals surface area (Å²) in [6.45, 7) is 6.63. The molecule has 0 fully saturated rings. The van der Waals surface area contributed by atoms with Gasteiger partial charge in [-0.15, -0.1) is 0 Å². The van der Waals surface area contributed by atoms with Crippen molar-refractivity contribution in [2.45, 2.75) is 33.6 Å². The molecule has 0 spiro atoms. The summed E-state index contributed by atoms with van der Waals surface area (Å²) in [5.74, 6) is -1.15. The van der Waals surface area contributed by atoms with Crippen molar-refractivity contribution in [2.75, 3.05) is 0 Å². The maximum atomic E-state index is 12.1. The number of aryl methyl sites for hydroxylation is 2. The second kappa shape index (κ2) is 5.12. The lowest BCUT2D eigenvalue weighted by atomic mass is 9.98. The fraction of sp³-hybridized carbons (Fsp3) is 0.417. The van der Waals surface area contributed by atoms with Crippen LogP contribution in [0.3, 0.4) is 0 Å². The Morgan fingerprint density at radius 1 is 1.30 bits per heavy atom. The molecule has 2 aromatic heterocycles. The third-order valence-corrected chi connectivity index (χ3v) is 3.87. The molecule has 2 rings (SSSR count). The van der Waals surface area contributed by atoms with Crippen molar-refractivity contribution in [1.82, 2.24) is 18.9 Å². The van der Waals surface area contributed by atoms with E-state index in [0.29, 0.717) is 27.9 Å². The van der Waals surface area contributed by atoms with Crippen molar-refractivity contribution in [1.29, 1.82) is 0 Å². The first kappa shape index (κ1) is 14.3. The van der Waals surface area contributed by atoms with Crippen molar-refractivity contribution in [3.05, 3.63) is 33.3 Å². The van der Waals surface area contributed by atoms with Gasteiger partial charge in [-0.25, -0.2) is 14.3 Å². The summed E-state index contributed by atoms with van der Waals surface area (Å²) in [5.41, 5.74) is 1.02. The van der Waals surface area contributed by atoms with Gasteiger partial charge >= 0.3 is 11.7 Å². The third kappa shape index (κ3) is 2.34. The van der Waals surface area contributed by atoms with Crippen LogP contribution in [0.1, 0.15) is 35.6 Å². The second-order valence-corrected chi connectivity index (χ2v) is 5.23. The number of carboxylic acid groups (broad SMARTS) is 1. The molecule has 1 unspecified atom stereocenters. The first-order chi connectivity index (χ1) is 9.32. The van der Waals surface area contributed by atoms with E-state index in [4.69, 9.17) is 0 Å². The number of nitrogens with zero attached hydrogens (tertiary/aromatic N) is 4. The van der Waals surface area contributed by atoms with Crippen molar-refractivity contribution >= 4 is 17.5 Å². The van der Waals surface area contributed by atoms with Gasteiger partial charge < -0.3 is 5.11 Å². The van der Waals surface area contributed by atoms with Crippen molar-refractivity contribution in [3.63, 3.8) is 0 Å². The number of hydrogen-bond acceptors (Lipinski definition) is 6. The van der Waals surface area contributed by atoms with Gasteiger partial charge in [-0.2, -0.15) is 9.36 Å². The smallest absolute Gasteiger partial charge is 0.354 e. The number of aromatic nitrogens is 4. The monoisotopic (exact) mass is 294 g/mol. The number of carboxylic acids is 1. The Bertz CT molecular complexity index is 735. The molecular formula is C12H14N4O3S. The zero-order valence-electron chi connectivity index (χ0n) is 11.5. The van der Waals surface area contributed by atoms with E-state index < -0.39 is 17.6 Å². The summed E-state index contributed by atoms with van der Waals surface area (Å²) in [5, 5.41) is 9.58. The van der Waals surface area contributed by atoms with Crippen LogP contribution in [-0.4, -0.2) is 30.0 Å². The van der Waals surface area contributed by atoms with Crippen LogP contribution in [0.4, 0.5) is 0 Å². The fourth-order valence-electron chi connectivity index (χ4n) is 2.13. The molecule has 0 aliphatic heterocycles. The van der Waals surface area contributed by atoms with E-state index in [9.17, 15) is 14.7 Å². The molecule has 0 saturated heterocycles. The fourth-order valence-corrected chi connectivity index (χ4v) is 2.86. The first-order valence-electron chi connectivity index (χ1n) is 5.96. The minimum atomic E-state index is -0.961. The summed E-state index contributed by atoms with van der Waals surface area (Å²) in [6, 6.07) is 0. The first-order valence-corrected chi connectivity index (χ1v) is 6.74. The van der Waals surface area contributed by atoms with Crippen LogP contribution in [0, 0.1) is 20.8 Å². The molecule has 1 atom stereocenters. The predicted octanol–water partition coefficient (Wildman–Crippen LogP) is 1.20. The van der Waals surface area contributed by atoms with Crippen LogP contribution in [0.25, 0.3) is 5.13 Å². The number of rotatable bonds is 3. The molecular weight excluding hydrogens is 280 g/mol. The summed E-state index contributed by atoms with van der Waals surface area (Å²) in [6.07, 6.45) is 0. The van der Waals surface area contributed by atoms with Gasteiger partial charge in [0.15, 0.2) is 0 Å². The van der Waals surface area contributed by atoms with Gasteiger partial charge in [0.05, 0.1) is 5.92 Å². The molecule has 2 heterocycles. The maximum Gasteiger partial charge on any atom is 0.354 e. The molecule has 0 aliphatic carbocycles. The highest BCUT2D eigenvalue weighted by Gasteiger charge is 2.23. The SMILES string of the molecule is Cc1nsc(-n2c(C)c(C(C)C(=O)O)c(C)nc2=O)n1. The zero-order valence-corrected chi connectivity index (χ0v) is 12.4. The summed E-state index contributed by atoms with van der Waals surface area (Å²) < 4.78 is 5.35. The van der Waals surface area contributed by atoms with Gasteiger partial charge in [0.1, 0.15) is 5.82 Å². The molecule has 0 bridgehead atoms. The largest absolute Gasteiger partial charge is 0.481 e. The second-order valence-electron chi connectivity index (χ2n) is 4.50. The third-order valence-electron chi connectivity index (χ3n) is 3.08. The minimum absolute atomic E-state index is 0.399. The minimum Gasteiger partial charge on any atom is -0.481 e. The molecule has 2 aromatic rings. The van der Waals surface area contributed by atoms with E-state index in [1.807, 2.05) is 0 Å². The Morgan fingerprint density at radius 2 is 1.95 bits per heavy atom. The molecule has 1 N–H and O–H groups in total. The highest BCUT2D eigenvalue weighted by atomic mass is 32.1. The topological polar surface area (TPSA) is 98.0 Å². The molecule has 8 heteroatoms. The Labute approximate surface area is 119 Å². The van der Waals surface area contributed by atoms with Gasteiger partial charge in [0.25, 0.3) is 0 Å². The van der Waals surface area contributed by atoms with Gasteiger partial charge in [0.2, 0.25) is 5.13 Å². The Kier molecular flexibility index (Phi) is 3.67. The van der Waals surface area contributed by atoms with E-state index in [2.05, 4.69) is 14.3 Å². The van der Waals surface area contributed by atoms with Gasteiger partial charge in [0, 0.05) is 28.5 Å². The molecule has 0 aromatic carbocycles.